The highest BCUT2D eigenvalue weighted by atomic mass is 16.4. The number of amides is 1. The van der Waals surface area contributed by atoms with E-state index in [2.05, 4.69) is 19.2 Å². The summed E-state index contributed by atoms with van der Waals surface area (Å²) in [6, 6.07) is -0.272. The fraction of sp³-hybridized carbons (Fsp3) is 0.857. The average molecular weight is 257 g/mol. The lowest BCUT2D eigenvalue weighted by Gasteiger charge is -2.24. The molecule has 1 unspecified atom stereocenters. The van der Waals surface area contributed by atoms with Gasteiger partial charge in [0.1, 0.15) is 0 Å². The van der Waals surface area contributed by atoms with Gasteiger partial charge < -0.3 is 10.4 Å². The maximum absolute atomic E-state index is 12.1. The summed E-state index contributed by atoms with van der Waals surface area (Å²) in [7, 11) is 0. The van der Waals surface area contributed by atoms with Gasteiger partial charge in [0.05, 0.1) is 6.42 Å². The molecule has 0 radical (unpaired) electrons. The Kier molecular flexibility index (Phi) is 8.42. The third-order valence-corrected chi connectivity index (χ3v) is 3.17. The van der Waals surface area contributed by atoms with E-state index in [4.69, 9.17) is 5.11 Å². The minimum atomic E-state index is -0.864. The van der Waals surface area contributed by atoms with Crippen LogP contribution in [0.15, 0.2) is 0 Å². The molecule has 1 atom stereocenters. The third kappa shape index (κ3) is 6.62. The number of carboxylic acid groups (broad SMARTS) is 1. The molecule has 0 saturated heterocycles. The van der Waals surface area contributed by atoms with Crippen LogP contribution in [0, 0.1) is 11.8 Å². The largest absolute Gasteiger partial charge is 0.481 e. The van der Waals surface area contributed by atoms with Crippen LogP contribution < -0.4 is 5.32 Å². The molecule has 106 valence electrons. The van der Waals surface area contributed by atoms with Gasteiger partial charge in [0, 0.05) is 12.0 Å². The molecular formula is C14H27NO3. The van der Waals surface area contributed by atoms with Gasteiger partial charge in [-0.15, -0.1) is 0 Å². The lowest BCUT2D eigenvalue weighted by atomic mass is 9.95. The van der Waals surface area contributed by atoms with E-state index in [-0.39, 0.29) is 30.2 Å². The van der Waals surface area contributed by atoms with Crippen LogP contribution in [0.25, 0.3) is 0 Å². The summed E-state index contributed by atoms with van der Waals surface area (Å²) >= 11 is 0. The summed E-state index contributed by atoms with van der Waals surface area (Å²) in [5, 5.41) is 11.7. The fourth-order valence-electron chi connectivity index (χ4n) is 2.05. The third-order valence-electron chi connectivity index (χ3n) is 3.17. The van der Waals surface area contributed by atoms with Crippen molar-refractivity contribution in [2.45, 2.75) is 65.8 Å². The number of carbonyl (C=O) groups excluding carboxylic acids is 1. The summed E-state index contributed by atoms with van der Waals surface area (Å²) in [5.41, 5.74) is 0. The summed E-state index contributed by atoms with van der Waals surface area (Å²) in [5.74, 6) is -0.695. The van der Waals surface area contributed by atoms with Crippen molar-refractivity contribution in [3.8, 4) is 0 Å². The van der Waals surface area contributed by atoms with E-state index < -0.39 is 5.97 Å². The zero-order valence-corrected chi connectivity index (χ0v) is 12.0. The normalized spacial score (nSPS) is 12.8. The minimum Gasteiger partial charge on any atom is -0.481 e. The molecule has 0 aliphatic heterocycles. The first-order valence-electron chi connectivity index (χ1n) is 6.94. The van der Waals surface area contributed by atoms with Crippen LogP contribution in [-0.4, -0.2) is 23.0 Å². The first-order valence-corrected chi connectivity index (χ1v) is 6.94. The van der Waals surface area contributed by atoms with Gasteiger partial charge in [-0.2, -0.15) is 0 Å². The molecule has 0 aliphatic rings. The molecule has 0 spiro atoms. The van der Waals surface area contributed by atoms with E-state index >= 15 is 0 Å². The van der Waals surface area contributed by atoms with Crippen LogP contribution in [0.1, 0.15) is 59.8 Å². The predicted octanol–water partition coefficient (Wildman–Crippen LogP) is 2.82. The van der Waals surface area contributed by atoms with Gasteiger partial charge in [-0.05, 0) is 18.8 Å². The fourth-order valence-corrected chi connectivity index (χ4v) is 2.05. The van der Waals surface area contributed by atoms with Crippen molar-refractivity contribution >= 4 is 11.9 Å². The topological polar surface area (TPSA) is 66.4 Å². The molecule has 18 heavy (non-hydrogen) atoms. The highest BCUT2D eigenvalue weighted by Crippen LogP contribution is 2.15. The van der Waals surface area contributed by atoms with E-state index in [1.807, 2.05) is 13.8 Å². The summed E-state index contributed by atoms with van der Waals surface area (Å²) in [6.45, 7) is 7.99. The Hall–Kier alpha value is -1.06. The molecule has 1 amide bonds. The van der Waals surface area contributed by atoms with Gasteiger partial charge in [-0.1, -0.05) is 40.5 Å². The van der Waals surface area contributed by atoms with E-state index in [1.54, 1.807) is 0 Å². The Morgan fingerprint density at radius 3 is 1.94 bits per heavy atom. The standard InChI is InChI=1S/C14H27NO3/c1-5-7-11(8-6-2)14(18)15-12(10(3)4)9-13(16)17/h10-12H,5-9H2,1-4H3,(H,15,18)(H,16,17). The Bertz CT molecular complexity index is 258. The molecule has 0 fully saturated rings. The smallest absolute Gasteiger partial charge is 0.305 e. The lowest BCUT2D eigenvalue weighted by molar-refractivity contribution is -0.138. The molecule has 0 aromatic carbocycles. The van der Waals surface area contributed by atoms with Gasteiger partial charge >= 0.3 is 5.97 Å². The second-order valence-corrected chi connectivity index (χ2v) is 5.23. The van der Waals surface area contributed by atoms with Crippen molar-refractivity contribution in [3.05, 3.63) is 0 Å². The van der Waals surface area contributed by atoms with Gasteiger partial charge in [0.15, 0.2) is 0 Å². The second kappa shape index (κ2) is 8.95. The number of rotatable bonds is 9. The molecule has 0 saturated carbocycles. The van der Waals surface area contributed by atoms with Crippen LogP contribution in [-0.2, 0) is 9.59 Å². The van der Waals surface area contributed by atoms with Gasteiger partial charge in [0.25, 0.3) is 0 Å². The SMILES string of the molecule is CCCC(CCC)C(=O)NC(CC(=O)O)C(C)C. The molecule has 0 heterocycles. The van der Waals surface area contributed by atoms with Crippen LogP contribution >= 0.6 is 0 Å². The van der Waals surface area contributed by atoms with Crippen molar-refractivity contribution in [2.24, 2.45) is 11.8 Å². The number of hydrogen-bond donors (Lipinski definition) is 2. The van der Waals surface area contributed by atoms with Gasteiger partial charge in [-0.25, -0.2) is 0 Å². The number of hydrogen-bond acceptors (Lipinski definition) is 2. The maximum Gasteiger partial charge on any atom is 0.305 e. The van der Waals surface area contributed by atoms with Crippen LogP contribution in [0.4, 0.5) is 0 Å². The highest BCUT2D eigenvalue weighted by Gasteiger charge is 2.23. The first-order chi connectivity index (χ1) is 8.42. The van der Waals surface area contributed by atoms with E-state index in [1.165, 1.54) is 0 Å². The zero-order valence-electron chi connectivity index (χ0n) is 12.0. The molecule has 0 aromatic heterocycles. The van der Waals surface area contributed by atoms with E-state index in [0.717, 1.165) is 25.7 Å². The Morgan fingerprint density at radius 1 is 1.11 bits per heavy atom. The molecule has 2 N–H and O–H groups in total. The van der Waals surface area contributed by atoms with Gasteiger partial charge in [0.2, 0.25) is 5.91 Å². The Morgan fingerprint density at radius 2 is 1.61 bits per heavy atom. The highest BCUT2D eigenvalue weighted by molar-refractivity contribution is 5.79. The lowest BCUT2D eigenvalue weighted by Crippen LogP contribution is -2.43. The molecule has 4 nitrogen and oxygen atoms in total. The van der Waals surface area contributed by atoms with Crippen LogP contribution in [0.2, 0.25) is 0 Å². The molecule has 4 heteroatoms. The van der Waals surface area contributed by atoms with Crippen molar-refractivity contribution in [1.29, 1.82) is 0 Å². The number of carbonyl (C=O) groups is 2. The number of carboxylic acids is 1. The predicted molar refractivity (Wildman–Crippen MR) is 72.3 cm³/mol. The average Bonchev–Trinajstić information content (AvgIpc) is 2.27. The summed E-state index contributed by atoms with van der Waals surface area (Å²) < 4.78 is 0. The molecule has 0 rings (SSSR count). The quantitative estimate of drug-likeness (QED) is 0.667. The Balaban J connectivity index is 4.49. The zero-order chi connectivity index (χ0) is 14.1. The minimum absolute atomic E-state index is 0.00558. The van der Waals surface area contributed by atoms with Crippen molar-refractivity contribution < 1.29 is 14.7 Å². The Labute approximate surface area is 110 Å². The summed E-state index contributed by atoms with van der Waals surface area (Å²) in [6.07, 6.45) is 3.69. The molecule has 0 aromatic rings. The number of nitrogens with one attached hydrogen (secondary N) is 1. The van der Waals surface area contributed by atoms with Crippen molar-refractivity contribution in [2.75, 3.05) is 0 Å². The summed E-state index contributed by atoms with van der Waals surface area (Å²) in [4.78, 5) is 22.9. The second-order valence-electron chi connectivity index (χ2n) is 5.23. The van der Waals surface area contributed by atoms with Gasteiger partial charge in [-0.3, -0.25) is 9.59 Å². The van der Waals surface area contributed by atoms with E-state index in [9.17, 15) is 9.59 Å². The number of aliphatic carboxylic acids is 1. The van der Waals surface area contributed by atoms with Crippen LogP contribution in [0.5, 0.6) is 0 Å². The maximum atomic E-state index is 12.1. The van der Waals surface area contributed by atoms with E-state index in [0.29, 0.717) is 0 Å². The van der Waals surface area contributed by atoms with Crippen LogP contribution in [0.3, 0.4) is 0 Å². The van der Waals surface area contributed by atoms with Crippen molar-refractivity contribution in [3.63, 3.8) is 0 Å². The van der Waals surface area contributed by atoms with Crippen molar-refractivity contribution in [1.82, 2.24) is 5.32 Å². The monoisotopic (exact) mass is 257 g/mol. The first kappa shape index (κ1) is 16.9. The molecule has 0 bridgehead atoms. The molecule has 0 aliphatic carbocycles. The molecular weight excluding hydrogens is 230 g/mol.